The number of rotatable bonds is 7. The van der Waals surface area contributed by atoms with Gasteiger partial charge in [-0.25, -0.2) is 9.67 Å². The van der Waals surface area contributed by atoms with Crippen molar-refractivity contribution in [2.24, 2.45) is 0 Å². The van der Waals surface area contributed by atoms with Crippen molar-refractivity contribution in [2.45, 2.75) is 6.92 Å². The highest BCUT2D eigenvalue weighted by atomic mass is 35.5. The van der Waals surface area contributed by atoms with Gasteiger partial charge in [0.1, 0.15) is 0 Å². The molecular formula is C21H20ClN5O2S. The number of carbonyl (C=O) groups excluding carboxylic acids is 1. The number of halogens is 1. The molecule has 0 unspecified atom stereocenters. The van der Waals surface area contributed by atoms with Crippen LogP contribution in [0.3, 0.4) is 0 Å². The fourth-order valence-electron chi connectivity index (χ4n) is 3.03. The Labute approximate surface area is 182 Å². The van der Waals surface area contributed by atoms with Gasteiger partial charge >= 0.3 is 0 Å². The van der Waals surface area contributed by atoms with E-state index in [4.69, 9.17) is 16.3 Å². The van der Waals surface area contributed by atoms with E-state index in [1.807, 2.05) is 43.3 Å². The molecule has 0 bridgehead atoms. The lowest BCUT2D eigenvalue weighted by atomic mass is 10.3. The fourth-order valence-corrected chi connectivity index (χ4v) is 4.13. The van der Waals surface area contributed by atoms with Crippen molar-refractivity contribution in [3.63, 3.8) is 0 Å². The number of methoxy groups -OCH3 is 1. The van der Waals surface area contributed by atoms with E-state index < -0.39 is 0 Å². The Morgan fingerprint density at radius 3 is 2.90 bits per heavy atom. The topological polar surface area (TPSA) is 81.1 Å². The van der Waals surface area contributed by atoms with Crippen LogP contribution >= 0.6 is 22.9 Å². The molecule has 0 saturated heterocycles. The standard InChI is InChI=1S/C21H20ClN5O2S/c1-13-18(10-19(30-13)21(28)23-7-8-29-2)27-20-14(11-25-27)9-15(12-24-20)26-17-6-4-3-5-16(17)22/h3-6,9-12,26H,7-8H2,1-2H3,(H,23,28). The number of benzene rings is 1. The first-order valence-corrected chi connectivity index (χ1v) is 10.5. The van der Waals surface area contributed by atoms with Gasteiger partial charge in [0, 0.05) is 23.9 Å². The number of para-hydroxylation sites is 1. The van der Waals surface area contributed by atoms with Crippen molar-refractivity contribution in [2.75, 3.05) is 25.6 Å². The Bertz CT molecular complexity index is 1200. The molecule has 0 aliphatic heterocycles. The summed E-state index contributed by atoms with van der Waals surface area (Å²) in [6.45, 7) is 2.91. The second kappa shape index (κ2) is 8.83. The van der Waals surface area contributed by atoms with Crippen molar-refractivity contribution in [3.8, 4) is 5.69 Å². The lowest BCUT2D eigenvalue weighted by Crippen LogP contribution is -2.26. The Kier molecular flexibility index (Phi) is 5.98. The molecule has 3 aromatic heterocycles. The van der Waals surface area contributed by atoms with Gasteiger partial charge in [-0.15, -0.1) is 11.3 Å². The molecular weight excluding hydrogens is 422 g/mol. The highest BCUT2D eigenvalue weighted by Crippen LogP contribution is 2.29. The van der Waals surface area contributed by atoms with Gasteiger partial charge in [-0.2, -0.15) is 5.10 Å². The number of aromatic nitrogens is 3. The molecule has 0 saturated carbocycles. The monoisotopic (exact) mass is 441 g/mol. The average molecular weight is 442 g/mol. The van der Waals surface area contributed by atoms with E-state index in [9.17, 15) is 4.79 Å². The van der Waals surface area contributed by atoms with Crippen LogP contribution in [0.5, 0.6) is 0 Å². The Balaban J connectivity index is 1.60. The van der Waals surface area contributed by atoms with E-state index in [1.165, 1.54) is 11.3 Å². The molecule has 2 N–H and O–H groups in total. The molecule has 0 aliphatic carbocycles. The minimum atomic E-state index is -0.123. The zero-order valence-electron chi connectivity index (χ0n) is 16.5. The number of hydrogen-bond donors (Lipinski definition) is 2. The van der Waals surface area contributed by atoms with Crippen molar-refractivity contribution in [3.05, 3.63) is 63.6 Å². The minimum absolute atomic E-state index is 0.123. The lowest BCUT2D eigenvalue weighted by molar-refractivity contribution is 0.0941. The van der Waals surface area contributed by atoms with Crippen LogP contribution in [0, 0.1) is 6.92 Å². The summed E-state index contributed by atoms with van der Waals surface area (Å²) >= 11 is 7.65. The minimum Gasteiger partial charge on any atom is -0.383 e. The van der Waals surface area contributed by atoms with Crippen molar-refractivity contribution < 1.29 is 9.53 Å². The highest BCUT2D eigenvalue weighted by molar-refractivity contribution is 7.14. The number of ether oxygens (including phenoxy) is 1. The zero-order valence-corrected chi connectivity index (χ0v) is 18.0. The molecule has 1 aromatic carbocycles. The smallest absolute Gasteiger partial charge is 0.261 e. The summed E-state index contributed by atoms with van der Waals surface area (Å²) in [6, 6.07) is 11.3. The molecule has 3 heterocycles. The number of carbonyl (C=O) groups is 1. The van der Waals surface area contributed by atoms with Crippen LogP contribution in [-0.2, 0) is 4.74 Å². The molecule has 0 spiro atoms. The van der Waals surface area contributed by atoms with E-state index >= 15 is 0 Å². The van der Waals surface area contributed by atoms with Gasteiger partial charge in [0.05, 0.1) is 46.0 Å². The summed E-state index contributed by atoms with van der Waals surface area (Å²) in [6.07, 6.45) is 3.50. The number of nitrogens with one attached hydrogen (secondary N) is 2. The largest absolute Gasteiger partial charge is 0.383 e. The van der Waals surface area contributed by atoms with Crippen LogP contribution in [0.2, 0.25) is 5.02 Å². The van der Waals surface area contributed by atoms with Gasteiger partial charge < -0.3 is 15.4 Å². The number of aryl methyl sites for hydroxylation is 1. The Morgan fingerprint density at radius 1 is 1.27 bits per heavy atom. The van der Waals surface area contributed by atoms with E-state index in [0.29, 0.717) is 28.7 Å². The second-order valence-electron chi connectivity index (χ2n) is 6.60. The highest BCUT2D eigenvalue weighted by Gasteiger charge is 2.16. The summed E-state index contributed by atoms with van der Waals surface area (Å²) in [4.78, 5) is 18.5. The number of anilines is 2. The van der Waals surface area contributed by atoms with Gasteiger partial charge in [-0.1, -0.05) is 23.7 Å². The first-order chi connectivity index (χ1) is 14.6. The van der Waals surface area contributed by atoms with Crippen molar-refractivity contribution >= 4 is 51.3 Å². The van der Waals surface area contributed by atoms with Crippen LogP contribution in [0.15, 0.2) is 48.8 Å². The van der Waals surface area contributed by atoms with Crippen molar-refractivity contribution in [1.82, 2.24) is 20.1 Å². The van der Waals surface area contributed by atoms with E-state index in [1.54, 1.807) is 24.2 Å². The maximum Gasteiger partial charge on any atom is 0.261 e. The SMILES string of the molecule is COCCNC(=O)c1cc(-n2ncc3cc(Nc4ccccc4Cl)cnc32)c(C)s1. The molecule has 30 heavy (non-hydrogen) atoms. The molecule has 4 aromatic rings. The van der Waals surface area contributed by atoms with Gasteiger partial charge in [0.15, 0.2) is 5.65 Å². The Hall–Kier alpha value is -2.94. The molecule has 154 valence electrons. The molecule has 9 heteroatoms. The van der Waals surface area contributed by atoms with Crippen LogP contribution in [-0.4, -0.2) is 40.9 Å². The maximum absolute atomic E-state index is 12.3. The number of pyridine rings is 1. The summed E-state index contributed by atoms with van der Waals surface area (Å²) in [5.74, 6) is -0.123. The predicted octanol–water partition coefficient (Wildman–Crippen LogP) is 4.56. The summed E-state index contributed by atoms with van der Waals surface area (Å²) in [5, 5.41) is 12.1. The van der Waals surface area contributed by atoms with Gasteiger partial charge in [-0.05, 0) is 31.2 Å². The zero-order chi connectivity index (χ0) is 21.1. The fraction of sp³-hybridized carbons (Fsp3) is 0.190. The van der Waals surface area contributed by atoms with Gasteiger partial charge in [0.2, 0.25) is 0 Å². The van der Waals surface area contributed by atoms with Crippen LogP contribution in [0.1, 0.15) is 14.5 Å². The van der Waals surface area contributed by atoms with Gasteiger partial charge in [0.25, 0.3) is 5.91 Å². The molecule has 7 nitrogen and oxygen atoms in total. The second-order valence-corrected chi connectivity index (χ2v) is 8.26. The van der Waals surface area contributed by atoms with Crippen LogP contribution in [0.25, 0.3) is 16.7 Å². The third-order valence-electron chi connectivity index (χ3n) is 4.50. The third-order valence-corrected chi connectivity index (χ3v) is 5.86. The van der Waals surface area contributed by atoms with Crippen LogP contribution < -0.4 is 10.6 Å². The first kappa shape index (κ1) is 20.3. The first-order valence-electron chi connectivity index (χ1n) is 9.30. The molecule has 1 amide bonds. The molecule has 0 fully saturated rings. The molecule has 0 radical (unpaired) electrons. The quantitative estimate of drug-likeness (QED) is 0.411. The summed E-state index contributed by atoms with van der Waals surface area (Å²) < 4.78 is 6.73. The Morgan fingerprint density at radius 2 is 2.10 bits per heavy atom. The number of hydrogen-bond acceptors (Lipinski definition) is 6. The van der Waals surface area contributed by atoms with E-state index in [-0.39, 0.29) is 5.91 Å². The molecule has 0 atom stereocenters. The number of nitrogens with zero attached hydrogens (tertiary/aromatic N) is 3. The van der Waals surface area contributed by atoms with E-state index in [2.05, 4.69) is 20.7 Å². The average Bonchev–Trinajstić information content (AvgIpc) is 3.32. The van der Waals surface area contributed by atoms with Crippen LogP contribution in [0.4, 0.5) is 11.4 Å². The summed E-state index contributed by atoms with van der Waals surface area (Å²) in [7, 11) is 1.60. The number of thiophene rings is 1. The normalized spacial score (nSPS) is 11.0. The molecule has 4 rings (SSSR count). The maximum atomic E-state index is 12.3. The lowest BCUT2D eigenvalue weighted by Gasteiger charge is -2.08. The number of fused-ring (bicyclic) bond motifs is 1. The van der Waals surface area contributed by atoms with E-state index in [0.717, 1.165) is 27.3 Å². The summed E-state index contributed by atoms with van der Waals surface area (Å²) in [5.41, 5.74) is 3.18. The molecule has 0 aliphatic rings. The number of amides is 1. The van der Waals surface area contributed by atoms with Crippen molar-refractivity contribution in [1.29, 1.82) is 0 Å². The van der Waals surface area contributed by atoms with Gasteiger partial charge in [-0.3, -0.25) is 4.79 Å². The predicted molar refractivity (Wildman–Crippen MR) is 120 cm³/mol. The third kappa shape index (κ3) is 4.16.